The average Bonchev–Trinajstić information content (AvgIpc) is 3.10. The van der Waals surface area contributed by atoms with Crippen LogP contribution in [-0.2, 0) is 19.1 Å². The van der Waals surface area contributed by atoms with Gasteiger partial charge in [-0.1, -0.05) is 6.92 Å². The first-order chi connectivity index (χ1) is 11.4. The van der Waals surface area contributed by atoms with Gasteiger partial charge < -0.3 is 9.47 Å². The standard InChI is InChI=1S/C20H26O4/c1-12(21)23-17-6-5-15-16-4-3-13-11-14(22)7-8-19(13)20(16,24-19)10-9-18(15,17)2/h11,15-17H,3-10H2,1-2H3/t15?,16?,17?,18?,19-,20+/m0/s1. The molecule has 0 aromatic carbocycles. The van der Waals surface area contributed by atoms with Gasteiger partial charge in [-0.3, -0.25) is 9.59 Å². The van der Waals surface area contributed by atoms with E-state index in [4.69, 9.17) is 9.47 Å². The number of ether oxygens (including phenoxy) is 2. The van der Waals surface area contributed by atoms with Crippen molar-refractivity contribution < 1.29 is 19.1 Å². The molecule has 0 aromatic heterocycles. The second-order valence-corrected chi connectivity index (χ2v) is 8.89. The van der Waals surface area contributed by atoms with Crippen LogP contribution in [0.1, 0.15) is 65.2 Å². The van der Waals surface area contributed by atoms with E-state index in [2.05, 4.69) is 6.92 Å². The summed E-state index contributed by atoms with van der Waals surface area (Å²) in [5, 5.41) is 0. The van der Waals surface area contributed by atoms with E-state index >= 15 is 0 Å². The van der Waals surface area contributed by atoms with Gasteiger partial charge in [-0.25, -0.2) is 0 Å². The molecule has 4 aliphatic carbocycles. The first-order valence-corrected chi connectivity index (χ1v) is 9.53. The molecule has 1 heterocycles. The number of fused-ring (bicyclic) bond motifs is 2. The summed E-state index contributed by atoms with van der Waals surface area (Å²) in [5.41, 5.74) is 1.23. The SMILES string of the molecule is CC(=O)OC1CCC2C3CCC4=CC(=O)CC[C@]45O[C@]35CCC12C. The van der Waals surface area contributed by atoms with Crippen LogP contribution >= 0.6 is 0 Å². The minimum absolute atomic E-state index is 0.0208. The summed E-state index contributed by atoms with van der Waals surface area (Å²) >= 11 is 0. The molecule has 24 heavy (non-hydrogen) atoms. The van der Waals surface area contributed by atoms with E-state index in [9.17, 15) is 9.59 Å². The lowest BCUT2D eigenvalue weighted by atomic mass is 9.52. The lowest BCUT2D eigenvalue weighted by Gasteiger charge is -2.50. The predicted molar refractivity (Wildman–Crippen MR) is 87.2 cm³/mol. The normalized spacial score (nSPS) is 51.7. The molecule has 4 heteroatoms. The van der Waals surface area contributed by atoms with Crippen molar-refractivity contribution >= 4 is 11.8 Å². The van der Waals surface area contributed by atoms with Crippen molar-refractivity contribution in [1.82, 2.24) is 0 Å². The van der Waals surface area contributed by atoms with E-state index < -0.39 is 0 Å². The molecule has 1 saturated heterocycles. The number of carbonyl (C=O) groups excluding carboxylic acids is 2. The zero-order valence-electron chi connectivity index (χ0n) is 14.6. The number of hydrogen-bond donors (Lipinski definition) is 0. The number of rotatable bonds is 1. The summed E-state index contributed by atoms with van der Waals surface area (Å²) in [4.78, 5) is 23.3. The third-order valence-electron chi connectivity index (χ3n) is 8.05. The second-order valence-electron chi connectivity index (χ2n) is 8.89. The molecule has 1 aliphatic heterocycles. The molecular formula is C20H26O4. The number of epoxide rings is 1. The van der Waals surface area contributed by atoms with Gasteiger partial charge in [0.1, 0.15) is 17.3 Å². The second kappa shape index (κ2) is 4.51. The Balaban J connectivity index is 1.48. The van der Waals surface area contributed by atoms with Crippen molar-refractivity contribution in [3.05, 3.63) is 11.6 Å². The first kappa shape index (κ1) is 15.1. The minimum Gasteiger partial charge on any atom is -0.462 e. The molecule has 4 fully saturated rings. The summed E-state index contributed by atoms with van der Waals surface area (Å²) in [6.07, 6.45) is 9.83. The zero-order valence-corrected chi connectivity index (χ0v) is 14.6. The van der Waals surface area contributed by atoms with Crippen LogP contribution in [-0.4, -0.2) is 29.1 Å². The van der Waals surface area contributed by atoms with Gasteiger partial charge in [-0.05, 0) is 68.4 Å². The van der Waals surface area contributed by atoms with E-state index in [1.54, 1.807) is 0 Å². The Kier molecular flexibility index (Phi) is 2.84. The van der Waals surface area contributed by atoms with Gasteiger partial charge in [0.15, 0.2) is 5.78 Å². The fourth-order valence-electron chi connectivity index (χ4n) is 6.97. The van der Waals surface area contributed by atoms with Gasteiger partial charge in [-0.2, -0.15) is 0 Å². The quantitative estimate of drug-likeness (QED) is 0.546. The molecule has 6 atom stereocenters. The van der Waals surface area contributed by atoms with E-state index in [1.165, 1.54) is 12.5 Å². The number of esters is 1. The third-order valence-corrected chi connectivity index (χ3v) is 8.05. The van der Waals surface area contributed by atoms with E-state index in [0.29, 0.717) is 18.3 Å². The van der Waals surface area contributed by atoms with Crippen LogP contribution in [0, 0.1) is 17.3 Å². The topological polar surface area (TPSA) is 55.9 Å². The van der Waals surface area contributed by atoms with E-state index in [0.717, 1.165) is 44.9 Å². The summed E-state index contributed by atoms with van der Waals surface area (Å²) in [6.45, 7) is 3.85. The van der Waals surface area contributed by atoms with Crippen molar-refractivity contribution in [3.8, 4) is 0 Å². The van der Waals surface area contributed by atoms with Crippen LogP contribution < -0.4 is 0 Å². The molecule has 4 unspecified atom stereocenters. The Morgan fingerprint density at radius 3 is 2.79 bits per heavy atom. The summed E-state index contributed by atoms with van der Waals surface area (Å²) in [5.74, 6) is 1.26. The zero-order chi connectivity index (χ0) is 16.7. The lowest BCUT2D eigenvalue weighted by molar-refractivity contribution is -0.155. The monoisotopic (exact) mass is 330 g/mol. The van der Waals surface area contributed by atoms with Crippen LogP contribution in [0.25, 0.3) is 0 Å². The highest BCUT2D eigenvalue weighted by atomic mass is 16.6. The summed E-state index contributed by atoms with van der Waals surface area (Å²) in [6, 6.07) is 0. The average molecular weight is 330 g/mol. The molecule has 130 valence electrons. The van der Waals surface area contributed by atoms with Crippen LogP contribution in [0.2, 0.25) is 0 Å². The van der Waals surface area contributed by atoms with Gasteiger partial charge >= 0.3 is 5.97 Å². The van der Waals surface area contributed by atoms with Crippen LogP contribution in [0.3, 0.4) is 0 Å². The van der Waals surface area contributed by atoms with Crippen molar-refractivity contribution in [2.45, 2.75) is 82.5 Å². The highest BCUT2D eigenvalue weighted by molar-refractivity contribution is 5.92. The molecule has 5 rings (SSSR count). The number of hydrogen-bond acceptors (Lipinski definition) is 4. The predicted octanol–water partition coefficient (Wildman–Crippen LogP) is 3.34. The lowest BCUT2D eigenvalue weighted by Crippen LogP contribution is -2.53. The molecular weight excluding hydrogens is 304 g/mol. The summed E-state index contributed by atoms with van der Waals surface area (Å²) < 4.78 is 12.2. The highest BCUT2D eigenvalue weighted by Gasteiger charge is 2.79. The molecule has 0 bridgehead atoms. The maximum Gasteiger partial charge on any atom is 0.302 e. The van der Waals surface area contributed by atoms with Gasteiger partial charge in [-0.15, -0.1) is 0 Å². The maximum absolute atomic E-state index is 11.8. The molecule has 2 spiro atoms. The molecule has 5 aliphatic rings. The largest absolute Gasteiger partial charge is 0.462 e. The van der Waals surface area contributed by atoms with E-state index in [1.807, 2.05) is 6.08 Å². The maximum atomic E-state index is 11.8. The van der Waals surface area contributed by atoms with Crippen molar-refractivity contribution in [1.29, 1.82) is 0 Å². The van der Waals surface area contributed by atoms with Crippen molar-refractivity contribution in [3.63, 3.8) is 0 Å². The molecule has 4 nitrogen and oxygen atoms in total. The number of ketones is 1. The Bertz CT molecular complexity index is 667. The summed E-state index contributed by atoms with van der Waals surface area (Å²) in [7, 11) is 0. The fourth-order valence-corrected chi connectivity index (χ4v) is 6.97. The molecule has 0 N–H and O–H groups in total. The Morgan fingerprint density at radius 1 is 1.17 bits per heavy atom. The molecule has 0 aromatic rings. The minimum atomic E-state index is -0.152. The highest BCUT2D eigenvalue weighted by Crippen LogP contribution is 2.74. The Hall–Kier alpha value is -1.16. The van der Waals surface area contributed by atoms with Gasteiger partial charge in [0, 0.05) is 18.8 Å². The molecule has 0 radical (unpaired) electrons. The molecule has 3 saturated carbocycles. The third kappa shape index (κ3) is 1.63. The Morgan fingerprint density at radius 2 is 2.00 bits per heavy atom. The van der Waals surface area contributed by atoms with Gasteiger partial charge in [0.05, 0.1) is 0 Å². The Labute approximate surface area is 143 Å². The number of carbonyl (C=O) groups is 2. The van der Waals surface area contributed by atoms with Crippen LogP contribution in [0.15, 0.2) is 11.6 Å². The fraction of sp³-hybridized carbons (Fsp3) is 0.800. The van der Waals surface area contributed by atoms with Crippen LogP contribution in [0.4, 0.5) is 0 Å². The molecule has 0 amide bonds. The first-order valence-electron chi connectivity index (χ1n) is 9.53. The smallest absolute Gasteiger partial charge is 0.302 e. The van der Waals surface area contributed by atoms with Gasteiger partial charge in [0.2, 0.25) is 0 Å². The van der Waals surface area contributed by atoms with Crippen LogP contribution in [0.5, 0.6) is 0 Å². The van der Waals surface area contributed by atoms with E-state index in [-0.39, 0.29) is 34.5 Å². The van der Waals surface area contributed by atoms with Gasteiger partial charge in [0.25, 0.3) is 0 Å². The van der Waals surface area contributed by atoms with Crippen molar-refractivity contribution in [2.24, 2.45) is 17.3 Å². The van der Waals surface area contributed by atoms with Crippen molar-refractivity contribution in [2.75, 3.05) is 0 Å².